The lowest BCUT2D eigenvalue weighted by Crippen LogP contribution is -2.36. The predicted molar refractivity (Wildman–Crippen MR) is 81.2 cm³/mol. The lowest BCUT2D eigenvalue weighted by atomic mass is 9.98. The third kappa shape index (κ3) is 2.64. The van der Waals surface area contributed by atoms with E-state index < -0.39 is 0 Å². The second-order valence-electron chi connectivity index (χ2n) is 4.86. The van der Waals surface area contributed by atoms with Crippen LogP contribution >= 0.6 is 0 Å². The SMILES string of the molecule is NNC(=O)C(Cn1ncc2ccccc21)c1ccccc1. The Bertz CT molecular complexity index is 751. The number of nitrogens with zero attached hydrogens (tertiary/aromatic N) is 2. The molecular weight excluding hydrogens is 264 g/mol. The van der Waals surface area contributed by atoms with Crippen molar-refractivity contribution in [1.82, 2.24) is 15.2 Å². The van der Waals surface area contributed by atoms with Gasteiger partial charge in [-0.3, -0.25) is 14.9 Å². The van der Waals surface area contributed by atoms with E-state index in [4.69, 9.17) is 5.84 Å². The fraction of sp³-hybridized carbons (Fsp3) is 0.125. The van der Waals surface area contributed by atoms with Crippen molar-refractivity contribution < 1.29 is 4.79 Å². The normalized spacial score (nSPS) is 12.2. The van der Waals surface area contributed by atoms with Gasteiger partial charge in [-0.25, -0.2) is 5.84 Å². The van der Waals surface area contributed by atoms with Crippen LogP contribution < -0.4 is 11.3 Å². The number of para-hydroxylation sites is 1. The van der Waals surface area contributed by atoms with Gasteiger partial charge in [0.2, 0.25) is 5.91 Å². The number of amides is 1. The van der Waals surface area contributed by atoms with Crippen LogP contribution in [0.15, 0.2) is 60.8 Å². The molecule has 3 aromatic rings. The number of nitrogens with one attached hydrogen (secondary N) is 1. The Morgan fingerprint density at radius 3 is 2.62 bits per heavy atom. The monoisotopic (exact) mass is 280 g/mol. The number of hydrogen-bond acceptors (Lipinski definition) is 3. The molecule has 1 heterocycles. The van der Waals surface area contributed by atoms with Gasteiger partial charge in [0, 0.05) is 5.39 Å². The first kappa shape index (κ1) is 13.3. The van der Waals surface area contributed by atoms with Crippen molar-refractivity contribution in [3.8, 4) is 0 Å². The fourth-order valence-corrected chi connectivity index (χ4v) is 2.47. The van der Waals surface area contributed by atoms with Crippen LogP contribution in [0.2, 0.25) is 0 Å². The van der Waals surface area contributed by atoms with Gasteiger partial charge < -0.3 is 0 Å². The molecule has 0 aliphatic carbocycles. The maximum Gasteiger partial charge on any atom is 0.243 e. The molecule has 0 aliphatic heterocycles. The van der Waals surface area contributed by atoms with E-state index in [-0.39, 0.29) is 11.8 Å². The van der Waals surface area contributed by atoms with E-state index in [2.05, 4.69) is 10.5 Å². The molecule has 2 aromatic carbocycles. The number of fused-ring (bicyclic) bond motifs is 1. The molecule has 1 unspecified atom stereocenters. The van der Waals surface area contributed by atoms with Crippen LogP contribution in [-0.4, -0.2) is 15.7 Å². The molecule has 0 radical (unpaired) electrons. The minimum absolute atomic E-state index is 0.221. The van der Waals surface area contributed by atoms with Crippen LogP contribution in [0.5, 0.6) is 0 Å². The molecule has 5 nitrogen and oxygen atoms in total. The lowest BCUT2D eigenvalue weighted by molar-refractivity contribution is -0.123. The minimum Gasteiger partial charge on any atom is -0.294 e. The van der Waals surface area contributed by atoms with Crippen molar-refractivity contribution in [1.29, 1.82) is 0 Å². The minimum atomic E-state index is -0.375. The van der Waals surface area contributed by atoms with Crippen LogP contribution in [0.4, 0.5) is 0 Å². The summed E-state index contributed by atoms with van der Waals surface area (Å²) in [6.45, 7) is 0.445. The van der Waals surface area contributed by atoms with E-state index >= 15 is 0 Å². The molecule has 0 saturated carbocycles. The molecule has 0 saturated heterocycles. The predicted octanol–water partition coefficient (Wildman–Crippen LogP) is 1.81. The molecule has 0 spiro atoms. The Balaban J connectivity index is 1.97. The lowest BCUT2D eigenvalue weighted by Gasteiger charge is -2.16. The number of carbonyl (C=O) groups excluding carboxylic acids is 1. The molecule has 0 fully saturated rings. The van der Waals surface area contributed by atoms with E-state index in [1.165, 1.54) is 0 Å². The first-order chi connectivity index (χ1) is 10.3. The zero-order chi connectivity index (χ0) is 14.7. The van der Waals surface area contributed by atoms with Crippen LogP contribution in [-0.2, 0) is 11.3 Å². The summed E-state index contributed by atoms with van der Waals surface area (Å²) < 4.78 is 1.84. The van der Waals surface area contributed by atoms with Gasteiger partial charge in [0.25, 0.3) is 0 Å². The molecular formula is C16H16N4O. The number of rotatable bonds is 4. The second kappa shape index (κ2) is 5.76. The second-order valence-corrected chi connectivity index (χ2v) is 4.86. The number of hydrazine groups is 1. The molecule has 21 heavy (non-hydrogen) atoms. The smallest absolute Gasteiger partial charge is 0.243 e. The molecule has 1 aromatic heterocycles. The summed E-state index contributed by atoms with van der Waals surface area (Å²) in [5, 5.41) is 5.43. The van der Waals surface area contributed by atoms with E-state index in [0.717, 1.165) is 16.5 Å². The quantitative estimate of drug-likeness (QED) is 0.435. The highest BCUT2D eigenvalue weighted by molar-refractivity contribution is 5.83. The van der Waals surface area contributed by atoms with Gasteiger partial charge in [0.15, 0.2) is 0 Å². The first-order valence-electron chi connectivity index (χ1n) is 6.75. The third-order valence-corrected chi connectivity index (χ3v) is 3.57. The van der Waals surface area contributed by atoms with E-state index in [1.54, 1.807) is 6.20 Å². The van der Waals surface area contributed by atoms with Crippen molar-refractivity contribution in [2.45, 2.75) is 12.5 Å². The summed E-state index contributed by atoms with van der Waals surface area (Å²) in [5.74, 6) is 4.73. The van der Waals surface area contributed by atoms with Gasteiger partial charge in [-0.15, -0.1) is 0 Å². The molecule has 0 aliphatic rings. The van der Waals surface area contributed by atoms with E-state index in [9.17, 15) is 4.79 Å². The van der Waals surface area contributed by atoms with Crippen molar-refractivity contribution >= 4 is 16.8 Å². The maximum absolute atomic E-state index is 12.1. The van der Waals surface area contributed by atoms with Crippen molar-refractivity contribution in [3.63, 3.8) is 0 Å². The highest BCUT2D eigenvalue weighted by Crippen LogP contribution is 2.21. The fourth-order valence-electron chi connectivity index (χ4n) is 2.47. The Labute approximate surface area is 122 Å². The first-order valence-corrected chi connectivity index (χ1v) is 6.75. The average molecular weight is 280 g/mol. The zero-order valence-electron chi connectivity index (χ0n) is 11.4. The van der Waals surface area contributed by atoms with Gasteiger partial charge in [0.1, 0.15) is 0 Å². The van der Waals surface area contributed by atoms with Gasteiger partial charge in [0.05, 0.1) is 24.2 Å². The molecule has 0 bridgehead atoms. The zero-order valence-corrected chi connectivity index (χ0v) is 11.4. The van der Waals surface area contributed by atoms with E-state index in [0.29, 0.717) is 6.54 Å². The summed E-state index contributed by atoms with van der Waals surface area (Å²) in [6, 6.07) is 17.5. The Morgan fingerprint density at radius 1 is 1.14 bits per heavy atom. The number of nitrogens with two attached hydrogens (primary N) is 1. The van der Waals surface area contributed by atoms with Crippen molar-refractivity contribution in [2.75, 3.05) is 0 Å². The van der Waals surface area contributed by atoms with Gasteiger partial charge >= 0.3 is 0 Å². The van der Waals surface area contributed by atoms with Crippen molar-refractivity contribution in [3.05, 3.63) is 66.4 Å². The molecule has 3 N–H and O–H groups in total. The molecule has 1 amide bonds. The standard InChI is InChI=1S/C16H16N4O/c17-19-16(21)14(12-6-2-1-3-7-12)11-20-15-9-5-4-8-13(15)10-18-20/h1-10,14H,11,17H2,(H,19,21). The number of benzene rings is 2. The summed E-state index contributed by atoms with van der Waals surface area (Å²) in [5.41, 5.74) is 4.16. The summed E-state index contributed by atoms with van der Waals surface area (Å²) in [6.07, 6.45) is 1.80. The van der Waals surface area contributed by atoms with Crippen LogP contribution in [0.1, 0.15) is 11.5 Å². The van der Waals surface area contributed by atoms with Gasteiger partial charge in [-0.05, 0) is 11.6 Å². The molecule has 1 atom stereocenters. The average Bonchev–Trinajstić information content (AvgIpc) is 2.96. The highest BCUT2D eigenvalue weighted by Gasteiger charge is 2.21. The van der Waals surface area contributed by atoms with Crippen LogP contribution in [0.3, 0.4) is 0 Å². The molecule has 106 valence electrons. The Kier molecular flexibility index (Phi) is 3.66. The van der Waals surface area contributed by atoms with Crippen LogP contribution in [0, 0.1) is 0 Å². The van der Waals surface area contributed by atoms with Gasteiger partial charge in [-0.2, -0.15) is 5.10 Å². The maximum atomic E-state index is 12.1. The topological polar surface area (TPSA) is 72.9 Å². The molecule has 5 heteroatoms. The summed E-state index contributed by atoms with van der Waals surface area (Å²) in [7, 11) is 0. The third-order valence-electron chi connectivity index (χ3n) is 3.57. The van der Waals surface area contributed by atoms with Gasteiger partial charge in [-0.1, -0.05) is 48.5 Å². The Hall–Kier alpha value is -2.66. The molecule has 3 rings (SSSR count). The van der Waals surface area contributed by atoms with Crippen LogP contribution in [0.25, 0.3) is 10.9 Å². The summed E-state index contributed by atoms with van der Waals surface area (Å²) >= 11 is 0. The summed E-state index contributed by atoms with van der Waals surface area (Å²) in [4.78, 5) is 12.1. The van der Waals surface area contributed by atoms with Crippen molar-refractivity contribution in [2.24, 2.45) is 5.84 Å². The Morgan fingerprint density at radius 2 is 1.86 bits per heavy atom. The number of carbonyl (C=O) groups is 1. The van der Waals surface area contributed by atoms with E-state index in [1.807, 2.05) is 59.3 Å². The largest absolute Gasteiger partial charge is 0.294 e. The number of aromatic nitrogens is 2. The highest BCUT2D eigenvalue weighted by atomic mass is 16.2. The number of hydrogen-bond donors (Lipinski definition) is 2.